The molecule has 0 amide bonds. The molecule has 2 aliphatic carbocycles. The Kier molecular flexibility index (Phi) is 4.08. The van der Waals surface area contributed by atoms with Crippen molar-refractivity contribution in [2.45, 2.75) is 36.5 Å². The maximum atomic E-state index is 6.72. The summed E-state index contributed by atoms with van der Waals surface area (Å²) in [5, 5.41) is 0. The number of aromatic nitrogens is 1. The third-order valence-electron chi connectivity index (χ3n) is 7.34. The molecule has 1 aromatic heterocycles. The average molecular weight is 406 g/mol. The van der Waals surface area contributed by atoms with Gasteiger partial charge in [0.15, 0.2) is 24.4 Å². The largest absolute Gasteiger partial charge is 0.481 e. The van der Waals surface area contributed by atoms with Crippen LogP contribution in [-0.4, -0.2) is 55.6 Å². The minimum absolute atomic E-state index is 0.0965. The van der Waals surface area contributed by atoms with E-state index in [4.69, 9.17) is 18.9 Å². The number of hydrogen-bond donors (Lipinski definition) is 0. The Morgan fingerprint density at radius 1 is 1.23 bits per heavy atom. The van der Waals surface area contributed by atoms with Gasteiger partial charge in [-0.15, -0.1) is 0 Å². The number of methoxy groups -OCH3 is 1. The van der Waals surface area contributed by atoms with Crippen LogP contribution < -0.4 is 14.2 Å². The summed E-state index contributed by atoms with van der Waals surface area (Å²) in [7, 11) is 3.88. The van der Waals surface area contributed by atoms with Crippen molar-refractivity contribution in [1.29, 1.82) is 0 Å². The first kappa shape index (κ1) is 18.2. The van der Waals surface area contributed by atoms with Crippen molar-refractivity contribution in [3.05, 3.63) is 59.8 Å². The Hall–Kier alpha value is -2.57. The van der Waals surface area contributed by atoms with Crippen molar-refractivity contribution in [1.82, 2.24) is 9.88 Å². The molecule has 4 aliphatic rings. The van der Waals surface area contributed by atoms with Crippen LogP contribution in [0.1, 0.15) is 17.5 Å². The molecular formula is C24H26N2O4. The molecule has 1 saturated heterocycles. The zero-order valence-electron chi connectivity index (χ0n) is 17.3. The van der Waals surface area contributed by atoms with Gasteiger partial charge in [0.25, 0.3) is 0 Å². The molecule has 0 N–H and O–H groups in total. The molecular weight excluding hydrogens is 380 g/mol. The van der Waals surface area contributed by atoms with Crippen molar-refractivity contribution in [3.63, 3.8) is 0 Å². The summed E-state index contributed by atoms with van der Waals surface area (Å²) in [6, 6.07) is 10.5. The summed E-state index contributed by atoms with van der Waals surface area (Å²) in [5.41, 5.74) is 2.60. The lowest BCUT2D eigenvalue weighted by Crippen LogP contribution is -2.65. The second-order valence-electron chi connectivity index (χ2n) is 8.72. The quantitative estimate of drug-likeness (QED) is 0.562. The van der Waals surface area contributed by atoms with Gasteiger partial charge in [-0.25, -0.2) is 4.98 Å². The van der Waals surface area contributed by atoms with Crippen molar-refractivity contribution in [2.24, 2.45) is 5.92 Å². The summed E-state index contributed by atoms with van der Waals surface area (Å²) < 4.78 is 24.1. The fraction of sp³-hybridized carbons (Fsp3) is 0.458. The topological polar surface area (TPSA) is 53.1 Å². The fourth-order valence-corrected chi connectivity index (χ4v) is 6.10. The molecule has 156 valence electrons. The van der Waals surface area contributed by atoms with Crippen LogP contribution in [0.3, 0.4) is 0 Å². The van der Waals surface area contributed by atoms with Gasteiger partial charge in [0.2, 0.25) is 5.88 Å². The highest BCUT2D eigenvalue weighted by atomic mass is 16.7. The highest BCUT2D eigenvalue weighted by Crippen LogP contribution is 2.62. The number of piperidine rings is 1. The van der Waals surface area contributed by atoms with Crippen molar-refractivity contribution < 1.29 is 18.9 Å². The predicted molar refractivity (Wildman–Crippen MR) is 111 cm³/mol. The number of likely N-dealkylation sites (N-methyl/N-ethyl adjacent to an activating group) is 1. The van der Waals surface area contributed by atoms with E-state index in [1.807, 2.05) is 24.3 Å². The van der Waals surface area contributed by atoms with Gasteiger partial charge < -0.3 is 23.8 Å². The molecule has 6 nitrogen and oxygen atoms in total. The van der Waals surface area contributed by atoms with E-state index in [1.165, 1.54) is 11.1 Å². The lowest BCUT2D eigenvalue weighted by molar-refractivity contribution is -0.0396. The molecule has 2 bridgehead atoms. The standard InChI is InChI=1S/C24H26N2O4/c1-26-12-10-24-16-7-9-19(29-20-5-3-4-11-25-20)23(24)30-22-18(28-14-27-2)8-6-15(21(22)24)13-17(16)26/h3-9,11,16-17,19,23H,10,12-14H2,1-2H3/t16-,17+,19?,23-,24-/m0/s1. The molecule has 1 unspecified atom stereocenters. The Balaban J connectivity index is 1.48. The third kappa shape index (κ3) is 2.41. The van der Waals surface area contributed by atoms with Gasteiger partial charge >= 0.3 is 0 Å². The van der Waals surface area contributed by atoms with Gasteiger partial charge in [-0.3, -0.25) is 0 Å². The first-order valence-electron chi connectivity index (χ1n) is 10.6. The number of pyridine rings is 1. The van der Waals surface area contributed by atoms with E-state index in [0.717, 1.165) is 30.9 Å². The zero-order valence-corrected chi connectivity index (χ0v) is 17.3. The highest BCUT2D eigenvalue weighted by Gasteiger charge is 2.65. The van der Waals surface area contributed by atoms with Crippen molar-refractivity contribution in [3.8, 4) is 17.4 Å². The van der Waals surface area contributed by atoms with Gasteiger partial charge in [0.05, 0.1) is 0 Å². The van der Waals surface area contributed by atoms with Crippen molar-refractivity contribution in [2.75, 3.05) is 27.5 Å². The Labute approximate surface area is 176 Å². The van der Waals surface area contributed by atoms with Gasteiger partial charge in [-0.1, -0.05) is 18.2 Å². The Bertz CT molecular complexity index is 994. The molecule has 0 radical (unpaired) electrons. The van der Waals surface area contributed by atoms with Crippen LogP contribution in [0, 0.1) is 5.92 Å². The number of ether oxygens (including phenoxy) is 4. The number of nitrogens with zero attached hydrogens (tertiary/aromatic N) is 2. The number of rotatable bonds is 5. The summed E-state index contributed by atoms with van der Waals surface area (Å²) in [5.74, 6) is 2.65. The van der Waals surface area contributed by atoms with E-state index in [2.05, 4.69) is 35.1 Å². The second-order valence-corrected chi connectivity index (χ2v) is 8.72. The zero-order chi connectivity index (χ0) is 20.3. The van der Waals surface area contributed by atoms with Crippen LogP contribution in [-0.2, 0) is 16.6 Å². The molecule has 1 aromatic carbocycles. The highest BCUT2D eigenvalue weighted by molar-refractivity contribution is 5.62. The van der Waals surface area contributed by atoms with E-state index in [1.54, 1.807) is 13.3 Å². The maximum Gasteiger partial charge on any atom is 0.213 e. The number of benzene rings is 1. The van der Waals surface area contributed by atoms with Crippen molar-refractivity contribution >= 4 is 0 Å². The first-order valence-corrected chi connectivity index (χ1v) is 10.6. The van der Waals surface area contributed by atoms with Crippen LogP contribution in [0.4, 0.5) is 0 Å². The maximum absolute atomic E-state index is 6.72. The monoisotopic (exact) mass is 406 g/mol. The lowest BCUT2D eigenvalue weighted by atomic mass is 9.53. The van der Waals surface area contributed by atoms with Gasteiger partial charge in [0, 0.05) is 42.3 Å². The van der Waals surface area contributed by atoms with Crippen LogP contribution in [0.2, 0.25) is 0 Å². The van der Waals surface area contributed by atoms with E-state index in [-0.39, 0.29) is 24.4 Å². The molecule has 30 heavy (non-hydrogen) atoms. The minimum atomic E-state index is -0.200. The molecule has 1 spiro atoms. The molecule has 6 rings (SSSR count). The summed E-state index contributed by atoms with van der Waals surface area (Å²) in [6.07, 6.45) is 8.07. The van der Waals surface area contributed by atoms with Gasteiger partial charge in [-0.2, -0.15) is 0 Å². The third-order valence-corrected chi connectivity index (χ3v) is 7.34. The number of hydrogen-bond acceptors (Lipinski definition) is 6. The molecule has 6 heteroatoms. The minimum Gasteiger partial charge on any atom is -0.481 e. The molecule has 2 aromatic rings. The molecule has 2 aliphatic heterocycles. The molecule has 1 fully saturated rings. The van der Waals surface area contributed by atoms with Crippen LogP contribution >= 0.6 is 0 Å². The lowest BCUT2D eigenvalue weighted by Gasteiger charge is -2.56. The summed E-state index contributed by atoms with van der Waals surface area (Å²) in [6.45, 7) is 1.25. The summed E-state index contributed by atoms with van der Waals surface area (Å²) >= 11 is 0. The molecule has 0 saturated carbocycles. The van der Waals surface area contributed by atoms with Crippen LogP contribution in [0.25, 0.3) is 0 Å². The Morgan fingerprint density at radius 3 is 3.00 bits per heavy atom. The smallest absolute Gasteiger partial charge is 0.213 e. The van der Waals surface area contributed by atoms with Crippen LogP contribution in [0.15, 0.2) is 48.7 Å². The summed E-state index contributed by atoms with van der Waals surface area (Å²) in [4.78, 5) is 6.88. The van der Waals surface area contributed by atoms with Gasteiger partial charge in [-0.05, 0) is 50.2 Å². The van der Waals surface area contributed by atoms with E-state index in [0.29, 0.717) is 17.8 Å². The van der Waals surface area contributed by atoms with Crippen LogP contribution in [0.5, 0.6) is 17.4 Å². The Morgan fingerprint density at radius 2 is 2.17 bits per heavy atom. The van der Waals surface area contributed by atoms with E-state index >= 15 is 0 Å². The second kappa shape index (κ2) is 6.72. The van der Waals surface area contributed by atoms with E-state index in [9.17, 15) is 0 Å². The van der Waals surface area contributed by atoms with Gasteiger partial charge in [0.1, 0.15) is 6.10 Å². The predicted octanol–water partition coefficient (Wildman–Crippen LogP) is 2.96. The first-order chi connectivity index (χ1) is 14.7. The normalized spacial score (nSPS) is 33.0. The fourth-order valence-electron chi connectivity index (χ4n) is 6.10. The van der Waals surface area contributed by atoms with E-state index < -0.39 is 0 Å². The molecule has 5 atom stereocenters. The SMILES string of the molecule is COCOc1ccc2c3c1O[C@H]1C(Oc4ccccn4)C=C[C@H]4[C@@H](C2)N(C)CC[C@]314. The average Bonchev–Trinajstić information content (AvgIpc) is 3.12. The number of likely N-dealkylation sites (tertiary alicyclic amines) is 1. The molecule has 3 heterocycles.